The number of ether oxygens (including phenoxy) is 1. The van der Waals surface area contributed by atoms with E-state index in [0.717, 1.165) is 11.3 Å². The molecule has 0 atom stereocenters. The summed E-state index contributed by atoms with van der Waals surface area (Å²) in [5.74, 6) is 0.329. The molecule has 154 valence electrons. The molecule has 0 aliphatic carbocycles. The number of rotatable bonds is 7. The fourth-order valence-electron chi connectivity index (χ4n) is 2.63. The fraction of sp³-hybridized carbons (Fsp3) is 0.0909. The van der Waals surface area contributed by atoms with Crippen LogP contribution in [0.2, 0.25) is 0 Å². The number of benzene rings is 3. The summed E-state index contributed by atoms with van der Waals surface area (Å²) >= 11 is 0. The summed E-state index contributed by atoms with van der Waals surface area (Å²) < 4.78 is 31.6. The van der Waals surface area contributed by atoms with Crippen molar-refractivity contribution in [1.82, 2.24) is 5.43 Å². The van der Waals surface area contributed by atoms with E-state index in [9.17, 15) is 13.2 Å². The van der Waals surface area contributed by atoms with Crippen LogP contribution in [0.4, 0.5) is 5.69 Å². The fourth-order valence-corrected chi connectivity index (χ4v) is 3.85. The quantitative estimate of drug-likeness (QED) is 0.467. The summed E-state index contributed by atoms with van der Waals surface area (Å²) in [6.07, 6.45) is 1.52. The first-order chi connectivity index (χ1) is 14.4. The molecule has 30 heavy (non-hydrogen) atoms. The molecule has 1 amide bonds. The first-order valence-electron chi connectivity index (χ1n) is 9.03. The van der Waals surface area contributed by atoms with Gasteiger partial charge in [0.15, 0.2) is 0 Å². The lowest BCUT2D eigenvalue weighted by Gasteiger charge is -2.19. The summed E-state index contributed by atoms with van der Waals surface area (Å²) in [6, 6.07) is 21.6. The molecule has 8 heteroatoms. The molecule has 0 saturated carbocycles. The Balaban J connectivity index is 1.65. The smallest absolute Gasteiger partial charge is 0.271 e. The van der Waals surface area contributed by atoms with Crippen LogP contribution >= 0.6 is 0 Å². The number of sulfonamides is 1. The van der Waals surface area contributed by atoms with Crippen LogP contribution in [-0.4, -0.2) is 34.7 Å². The molecule has 3 rings (SSSR count). The second-order valence-electron chi connectivity index (χ2n) is 6.30. The Bertz CT molecular complexity index is 1130. The minimum Gasteiger partial charge on any atom is -0.497 e. The van der Waals surface area contributed by atoms with Gasteiger partial charge in [-0.2, -0.15) is 5.10 Å². The Morgan fingerprint density at radius 3 is 2.20 bits per heavy atom. The van der Waals surface area contributed by atoms with Crippen LogP contribution in [0, 0.1) is 0 Å². The largest absolute Gasteiger partial charge is 0.497 e. The van der Waals surface area contributed by atoms with Crippen LogP contribution in [0.15, 0.2) is 88.9 Å². The third-order valence-corrected chi connectivity index (χ3v) is 6.19. The van der Waals surface area contributed by atoms with E-state index in [2.05, 4.69) is 10.5 Å². The summed E-state index contributed by atoms with van der Waals surface area (Å²) in [4.78, 5) is 12.5. The lowest BCUT2D eigenvalue weighted by atomic mass is 10.2. The van der Waals surface area contributed by atoms with Crippen molar-refractivity contribution in [3.8, 4) is 5.75 Å². The third kappa shape index (κ3) is 4.84. The van der Waals surface area contributed by atoms with E-state index >= 15 is 0 Å². The molecule has 3 aromatic carbocycles. The van der Waals surface area contributed by atoms with E-state index in [4.69, 9.17) is 4.74 Å². The van der Waals surface area contributed by atoms with Gasteiger partial charge in [0.25, 0.3) is 15.9 Å². The van der Waals surface area contributed by atoms with E-state index in [1.165, 1.54) is 29.7 Å². The number of amides is 1. The molecule has 0 unspecified atom stereocenters. The lowest BCUT2D eigenvalue weighted by Crippen LogP contribution is -2.26. The maximum atomic E-state index is 12.7. The molecular formula is C22H21N3O4S. The minimum absolute atomic E-state index is 0.196. The van der Waals surface area contributed by atoms with Gasteiger partial charge in [0.1, 0.15) is 5.75 Å². The van der Waals surface area contributed by atoms with Crippen molar-refractivity contribution in [3.05, 3.63) is 90.0 Å². The second-order valence-corrected chi connectivity index (χ2v) is 8.27. The van der Waals surface area contributed by atoms with Crippen molar-refractivity contribution < 1.29 is 17.9 Å². The number of nitrogens with one attached hydrogen (secondary N) is 1. The number of hydrogen-bond donors (Lipinski definition) is 1. The van der Waals surface area contributed by atoms with Crippen LogP contribution in [0.1, 0.15) is 15.9 Å². The highest BCUT2D eigenvalue weighted by Gasteiger charge is 2.21. The van der Waals surface area contributed by atoms with Crippen LogP contribution in [0.3, 0.4) is 0 Å². The summed E-state index contributed by atoms with van der Waals surface area (Å²) in [5.41, 5.74) is 4.05. The molecule has 1 N–H and O–H groups in total. The van der Waals surface area contributed by atoms with Crippen molar-refractivity contribution in [1.29, 1.82) is 0 Å². The van der Waals surface area contributed by atoms with Gasteiger partial charge in [0.05, 0.1) is 23.9 Å². The van der Waals surface area contributed by atoms with E-state index < -0.39 is 15.9 Å². The topological polar surface area (TPSA) is 88.1 Å². The van der Waals surface area contributed by atoms with Gasteiger partial charge in [0.2, 0.25) is 0 Å². The standard InChI is InChI=1S/C22H21N3O4S/c1-25(30(27,28)21-6-4-3-5-7-21)19-12-10-18(11-13-19)22(26)24-23-16-17-8-14-20(29-2)15-9-17/h3-16H,1-2H3,(H,24,26)/b23-16-. The Kier molecular flexibility index (Phi) is 6.48. The molecule has 0 aliphatic rings. The zero-order valence-electron chi connectivity index (χ0n) is 16.5. The Morgan fingerprint density at radius 2 is 1.60 bits per heavy atom. The van der Waals surface area contributed by atoms with Crippen molar-refractivity contribution in [2.24, 2.45) is 5.10 Å². The Morgan fingerprint density at radius 1 is 0.967 bits per heavy atom. The van der Waals surface area contributed by atoms with Gasteiger partial charge in [-0.1, -0.05) is 18.2 Å². The number of hydrazone groups is 1. The zero-order chi connectivity index (χ0) is 21.6. The van der Waals surface area contributed by atoms with Crippen LogP contribution < -0.4 is 14.5 Å². The van der Waals surface area contributed by atoms with Gasteiger partial charge in [-0.15, -0.1) is 0 Å². The van der Waals surface area contributed by atoms with Gasteiger partial charge in [-0.25, -0.2) is 13.8 Å². The minimum atomic E-state index is -3.67. The highest BCUT2D eigenvalue weighted by Crippen LogP contribution is 2.22. The van der Waals surface area contributed by atoms with Crippen LogP contribution in [-0.2, 0) is 10.0 Å². The van der Waals surface area contributed by atoms with Gasteiger partial charge in [-0.05, 0) is 66.2 Å². The van der Waals surface area contributed by atoms with Crippen LogP contribution in [0.25, 0.3) is 0 Å². The summed E-state index contributed by atoms with van der Waals surface area (Å²) in [6.45, 7) is 0. The lowest BCUT2D eigenvalue weighted by molar-refractivity contribution is 0.0955. The number of anilines is 1. The third-order valence-electron chi connectivity index (χ3n) is 4.39. The van der Waals surface area contributed by atoms with E-state index in [1.54, 1.807) is 61.7 Å². The van der Waals surface area contributed by atoms with E-state index in [0.29, 0.717) is 11.3 Å². The number of carbonyl (C=O) groups is 1. The van der Waals surface area contributed by atoms with Crippen LogP contribution in [0.5, 0.6) is 5.75 Å². The highest BCUT2D eigenvalue weighted by atomic mass is 32.2. The molecular weight excluding hydrogens is 402 g/mol. The van der Waals surface area contributed by atoms with Gasteiger partial charge < -0.3 is 4.74 Å². The Hall–Kier alpha value is -3.65. The molecule has 0 aliphatic heterocycles. The molecule has 0 spiro atoms. The summed E-state index contributed by atoms with van der Waals surface area (Å²) in [7, 11) is -0.619. The SMILES string of the molecule is COc1ccc(/C=N\NC(=O)c2ccc(N(C)S(=O)(=O)c3ccccc3)cc2)cc1. The number of carbonyl (C=O) groups excluding carboxylic acids is 1. The van der Waals surface area contributed by atoms with E-state index in [1.807, 2.05) is 12.1 Å². The Labute approximate surface area is 175 Å². The molecule has 0 fully saturated rings. The maximum Gasteiger partial charge on any atom is 0.271 e. The maximum absolute atomic E-state index is 12.7. The molecule has 0 aromatic heterocycles. The average molecular weight is 423 g/mol. The first kappa shape index (κ1) is 21.1. The molecule has 0 bridgehead atoms. The van der Waals surface area contributed by atoms with Crippen molar-refractivity contribution in [3.63, 3.8) is 0 Å². The monoisotopic (exact) mass is 423 g/mol. The molecule has 3 aromatic rings. The molecule has 0 radical (unpaired) electrons. The molecule has 0 saturated heterocycles. The number of nitrogens with zero attached hydrogens (tertiary/aromatic N) is 2. The highest BCUT2D eigenvalue weighted by molar-refractivity contribution is 7.92. The predicted molar refractivity (Wildman–Crippen MR) is 117 cm³/mol. The number of hydrogen-bond acceptors (Lipinski definition) is 5. The predicted octanol–water partition coefficient (Wildman–Crippen LogP) is 3.28. The van der Waals surface area contributed by atoms with Crippen molar-refractivity contribution in [2.45, 2.75) is 4.90 Å². The van der Waals surface area contributed by atoms with Gasteiger partial charge in [0, 0.05) is 12.6 Å². The summed E-state index contributed by atoms with van der Waals surface area (Å²) in [5, 5.41) is 3.94. The van der Waals surface area contributed by atoms with E-state index in [-0.39, 0.29) is 4.90 Å². The first-order valence-corrected chi connectivity index (χ1v) is 10.5. The number of methoxy groups -OCH3 is 1. The van der Waals surface area contributed by atoms with Crippen molar-refractivity contribution in [2.75, 3.05) is 18.5 Å². The zero-order valence-corrected chi connectivity index (χ0v) is 17.3. The average Bonchev–Trinajstić information content (AvgIpc) is 2.79. The molecule has 7 nitrogen and oxygen atoms in total. The van der Waals surface area contributed by atoms with Crippen molar-refractivity contribution >= 4 is 27.8 Å². The normalized spacial score (nSPS) is 11.3. The van der Waals surface area contributed by atoms with Gasteiger partial charge >= 0.3 is 0 Å². The second kappa shape index (κ2) is 9.23. The van der Waals surface area contributed by atoms with Gasteiger partial charge in [-0.3, -0.25) is 9.10 Å². The molecule has 0 heterocycles.